The smallest absolute Gasteiger partial charge is 0.212 e. The fraction of sp³-hybridized carbons (Fsp3) is 0.455. The zero-order chi connectivity index (χ0) is 11.7. The van der Waals surface area contributed by atoms with E-state index in [2.05, 4.69) is 20.8 Å². The summed E-state index contributed by atoms with van der Waals surface area (Å²) < 4.78 is 21.7. The van der Waals surface area contributed by atoms with Crippen LogP contribution in [0.15, 0.2) is 24.3 Å². The van der Waals surface area contributed by atoms with Gasteiger partial charge in [0.05, 0.1) is 5.75 Å². The van der Waals surface area contributed by atoms with E-state index in [0.717, 1.165) is 5.56 Å². The summed E-state index contributed by atoms with van der Waals surface area (Å²) >= 11 is 0. The molecule has 0 heterocycles. The lowest BCUT2D eigenvalue weighted by Crippen LogP contribution is -2.10. The molecule has 0 saturated heterocycles. The van der Waals surface area contributed by atoms with Crippen LogP contribution in [0.2, 0.25) is 0 Å². The van der Waals surface area contributed by atoms with Gasteiger partial charge in [0.15, 0.2) is 0 Å². The van der Waals surface area contributed by atoms with Crippen LogP contribution >= 0.6 is 10.7 Å². The Labute approximate surface area is 95.7 Å². The molecule has 0 atom stereocenters. The monoisotopic (exact) mass is 246 g/mol. The average molecular weight is 247 g/mol. The molecule has 0 aliphatic carbocycles. The number of hydrogen-bond acceptors (Lipinski definition) is 2. The zero-order valence-electron chi connectivity index (χ0n) is 9.12. The second-order valence-electron chi connectivity index (χ2n) is 4.63. The molecule has 0 aliphatic heterocycles. The Kier molecular flexibility index (Phi) is 3.46. The Morgan fingerprint density at radius 3 is 1.93 bits per heavy atom. The molecular formula is C11H15ClO2S. The first-order valence-electron chi connectivity index (χ1n) is 4.70. The zero-order valence-corrected chi connectivity index (χ0v) is 10.7. The van der Waals surface area contributed by atoms with Gasteiger partial charge in [-0.1, -0.05) is 45.0 Å². The topological polar surface area (TPSA) is 34.1 Å². The van der Waals surface area contributed by atoms with Crippen LogP contribution < -0.4 is 0 Å². The van der Waals surface area contributed by atoms with E-state index in [9.17, 15) is 8.42 Å². The Bertz CT molecular complexity index is 427. The van der Waals surface area contributed by atoms with Gasteiger partial charge in [0.2, 0.25) is 9.05 Å². The summed E-state index contributed by atoms with van der Waals surface area (Å²) in [5, 5.41) is 0. The molecule has 2 nitrogen and oxygen atoms in total. The van der Waals surface area contributed by atoms with Crippen molar-refractivity contribution < 1.29 is 8.42 Å². The van der Waals surface area contributed by atoms with E-state index in [-0.39, 0.29) is 11.2 Å². The molecule has 0 unspecified atom stereocenters. The minimum Gasteiger partial charge on any atom is -0.212 e. The average Bonchev–Trinajstić information content (AvgIpc) is 2.00. The van der Waals surface area contributed by atoms with Crippen molar-refractivity contribution in [2.45, 2.75) is 31.9 Å². The summed E-state index contributed by atoms with van der Waals surface area (Å²) in [7, 11) is 1.72. The Hall–Kier alpha value is -0.540. The third-order valence-electron chi connectivity index (χ3n) is 2.16. The molecular weight excluding hydrogens is 232 g/mol. The summed E-state index contributed by atoms with van der Waals surface area (Å²) in [5.74, 6) is -0.112. The minimum atomic E-state index is -3.45. The molecule has 1 aromatic carbocycles. The van der Waals surface area contributed by atoms with Crippen LogP contribution in [0.1, 0.15) is 31.9 Å². The van der Waals surface area contributed by atoms with Crippen molar-refractivity contribution in [3.63, 3.8) is 0 Å². The van der Waals surface area contributed by atoms with Gasteiger partial charge >= 0.3 is 0 Å². The second-order valence-corrected chi connectivity index (χ2v) is 7.41. The largest absolute Gasteiger partial charge is 0.236 e. The van der Waals surface area contributed by atoms with Gasteiger partial charge in [-0.15, -0.1) is 0 Å². The van der Waals surface area contributed by atoms with E-state index in [0.29, 0.717) is 0 Å². The van der Waals surface area contributed by atoms with E-state index in [1.807, 2.05) is 12.1 Å². The predicted octanol–water partition coefficient (Wildman–Crippen LogP) is 3.05. The van der Waals surface area contributed by atoms with Crippen LogP contribution in [0.5, 0.6) is 0 Å². The maximum Gasteiger partial charge on any atom is 0.236 e. The van der Waals surface area contributed by atoms with Crippen LogP contribution in [-0.4, -0.2) is 8.42 Å². The molecule has 84 valence electrons. The van der Waals surface area contributed by atoms with Gasteiger partial charge in [-0.2, -0.15) is 0 Å². The Morgan fingerprint density at radius 2 is 1.60 bits per heavy atom. The van der Waals surface area contributed by atoms with Gasteiger partial charge in [0.1, 0.15) is 0 Å². The van der Waals surface area contributed by atoms with Crippen molar-refractivity contribution in [2.24, 2.45) is 0 Å². The third-order valence-corrected chi connectivity index (χ3v) is 3.16. The van der Waals surface area contributed by atoms with Gasteiger partial charge in [-0.25, -0.2) is 8.42 Å². The molecule has 1 rings (SSSR count). The quantitative estimate of drug-likeness (QED) is 0.752. The summed E-state index contributed by atoms with van der Waals surface area (Å²) in [6.45, 7) is 6.33. The standard InChI is InChI=1S/C11H15ClO2S/c1-11(2,3)10-6-4-9(5-7-10)8-15(12,13)14/h4-7H,8H2,1-3H3. The lowest BCUT2D eigenvalue weighted by Gasteiger charge is -2.18. The van der Waals surface area contributed by atoms with Gasteiger partial charge in [-0.3, -0.25) is 0 Å². The van der Waals surface area contributed by atoms with Crippen molar-refractivity contribution in [3.05, 3.63) is 35.4 Å². The lowest BCUT2D eigenvalue weighted by molar-refractivity contribution is 0.590. The molecule has 15 heavy (non-hydrogen) atoms. The first-order valence-corrected chi connectivity index (χ1v) is 7.18. The van der Waals surface area contributed by atoms with Crippen LogP contribution in [-0.2, 0) is 20.2 Å². The predicted molar refractivity (Wildman–Crippen MR) is 63.6 cm³/mol. The molecule has 0 amide bonds. The van der Waals surface area contributed by atoms with E-state index in [4.69, 9.17) is 10.7 Å². The molecule has 0 radical (unpaired) electrons. The minimum absolute atomic E-state index is 0.0817. The molecule has 0 aliphatic rings. The molecule has 0 saturated carbocycles. The van der Waals surface area contributed by atoms with Gasteiger partial charge < -0.3 is 0 Å². The van der Waals surface area contributed by atoms with Gasteiger partial charge in [0, 0.05) is 10.7 Å². The highest BCUT2D eigenvalue weighted by Gasteiger charge is 2.13. The van der Waals surface area contributed by atoms with Crippen molar-refractivity contribution in [2.75, 3.05) is 0 Å². The lowest BCUT2D eigenvalue weighted by atomic mass is 9.87. The van der Waals surface area contributed by atoms with Crippen LogP contribution in [0.3, 0.4) is 0 Å². The first kappa shape index (κ1) is 12.5. The summed E-state index contributed by atoms with van der Waals surface area (Å²) in [4.78, 5) is 0. The molecule has 4 heteroatoms. The normalized spacial score (nSPS) is 12.8. The van der Waals surface area contributed by atoms with Crippen molar-refractivity contribution in [1.82, 2.24) is 0 Å². The molecule has 0 bridgehead atoms. The molecule has 0 spiro atoms. The van der Waals surface area contributed by atoms with Crippen LogP contribution in [0, 0.1) is 0 Å². The molecule has 0 N–H and O–H groups in total. The number of hydrogen-bond donors (Lipinski definition) is 0. The Balaban J connectivity index is 2.91. The molecule has 1 aromatic rings. The van der Waals surface area contributed by atoms with Crippen molar-refractivity contribution in [1.29, 1.82) is 0 Å². The summed E-state index contributed by atoms with van der Waals surface area (Å²) in [5.41, 5.74) is 1.98. The molecule has 0 aromatic heterocycles. The third kappa shape index (κ3) is 4.22. The fourth-order valence-electron chi connectivity index (χ4n) is 1.30. The van der Waals surface area contributed by atoms with Crippen LogP contribution in [0.4, 0.5) is 0 Å². The van der Waals surface area contributed by atoms with Crippen molar-refractivity contribution >= 4 is 19.7 Å². The van der Waals surface area contributed by atoms with Crippen molar-refractivity contribution in [3.8, 4) is 0 Å². The van der Waals surface area contributed by atoms with Crippen LogP contribution in [0.25, 0.3) is 0 Å². The summed E-state index contributed by atoms with van der Waals surface area (Å²) in [6.07, 6.45) is 0. The van der Waals surface area contributed by atoms with E-state index in [1.54, 1.807) is 12.1 Å². The highest BCUT2D eigenvalue weighted by atomic mass is 35.7. The highest BCUT2D eigenvalue weighted by Crippen LogP contribution is 2.22. The molecule has 0 fully saturated rings. The first-order chi connectivity index (χ1) is 6.68. The van der Waals surface area contributed by atoms with Gasteiger partial charge in [-0.05, 0) is 16.5 Å². The summed E-state index contributed by atoms with van der Waals surface area (Å²) in [6, 6.07) is 7.50. The fourth-order valence-corrected chi connectivity index (χ4v) is 2.27. The van der Waals surface area contributed by atoms with Gasteiger partial charge in [0.25, 0.3) is 0 Å². The maximum absolute atomic E-state index is 10.8. The number of benzene rings is 1. The second kappa shape index (κ2) is 4.14. The van der Waals surface area contributed by atoms with E-state index in [1.165, 1.54) is 5.56 Å². The number of halogens is 1. The SMILES string of the molecule is CC(C)(C)c1ccc(CS(=O)(=O)Cl)cc1. The van der Waals surface area contributed by atoms with E-state index >= 15 is 0 Å². The number of rotatable bonds is 2. The van der Waals surface area contributed by atoms with E-state index < -0.39 is 9.05 Å². The Morgan fingerprint density at radius 1 is 1.13 bits per heavy atom. The highest BCUT2D eigenvalue weighted by molar-refractivity contribution is 8.13. The maximum atomic E-state index is 10.8.